The lowest BCUT2D eigenvalue weighted by Gasteiger charge is -2.33. The summed E-state index contributed by atoms with van der Waals surface area (Å²) in [5, 5.41) is 0.382. The summed E-state index contributed by atoms with van der Waals surface area (Å²) >= 11 is 6.30. The third-order valence-electron chi connectivity index (χ3n) is 5.43. The number of rotatable bonds is 5. The highest BCUT2D eigenvalue weighted by Crippen LogP contribution is 2.47. The SMILES string of the molecule is CCOc1cccc([C@H]2OCC3=NCC(C)=C(C(F)(F)F)N3c3ccc(Cl)cc32)c1OCC. The van der Waals surface area contributed by atoms with Crippen molar-refractivity contribution in [1.29, 1.82) is 0 Å². The van der Waals surface area contributed by atoms with Crippen molar-refractivity contribution in [2.45, 2.75) is 33.1 Å². The first-order valence-electron chi connectivity index (χ1n) is 10.7. The third-order valence-corrected chi connectivity index (χ3v) is 5.66. The first-order valence-corrected chi connectivity index (χ1v) is 11.0. The molecule has 0 aliphatic carbocycles. The van der Waals surface area contributed by atoms with Crippen LogP contribution in [0.1, 0.15) is 38.0 Å². The Kier molecular flexibility index (Phi) is 6.59. The first-order chi connectivity index (χ1) is 15.8. The molecule has 0 aromatic heterocycles. The molecule has 2 aliphatic heterocycles. The molecule has 0 amide bonds. The van der Waals surface area contributed by atoms with Gasteiger partial charge < -0.3 is 14.2 Å². The number of alkyl halides is 3. The molecule has 0 bridgehead atoms. The average Bonchev–Trinajstić information content (AvgIpc) is 2.91. The molecule has 2 heterocycles. The van der Waals surface area contributed by atoms with Gasteiger partial charge in [-0.05, 0) is 50.6 Å². The van der Waals surface area contributed by atoms with Gasteiger partial charge in [0.05, 0.1) is 25.4 Å². The van der Waals surface area contributed by atoms with Gasteiger partial charge >= 0.3 is 6.18 Å². The van der Waals surface area contributed by atoms with Crippen molar-refractivity contribution >= 4 is 23.1 Å². The number of halogens is 4. The van der Waals surface area contributed by atoms with E-state index in [4.69, 9.17) is 25.8 Å². The Morgan fingerprint density at radius 3 is 2.58 bits per heavy atom. The number of amidine groups is 1. The molecule has 9 heteroatoms. The zero-order valence-electron chi connectivity index (χ0n) is 18.5. The van der Waals surface area contributed by atoms with Crippen molar-refractivity contribution in [1.82, 2.24) is 0 Å². The predicted octanol–water partition coefficient (Wildman–Crippen LogP) is 6.31. The van der Waals surface area contributed by atoms with Crippen LogP contribution < -0.4 is 14.4 Å². The summed E-state index contributed by atoms with van der Waals surface area (Å²) in [6, 6.07) is 10.2. The maximum absolute atomic E-state index is 14.1. The van der Waals surface area contributed by atoms with Gasteiger partial charge in [-0.2, -0.15) is 13.2 Å². The van der Waals surface area contributed by atoms with Gasteiger partial charge in [0.2, 0.25) is 0 Å². The summed E-state index contributed by atoms with van der Waals surface area (Å²) in [7, 11) is 0. The van der Waals surface area contributed by atoms with Gasteiger partial charge in [-0.1, -0.05) is 23.7 Å². The van der Waals surface area contributed by atoms with E-state index in [2.05, 4.69) is 4.99 Å². The van der Waals surface area contributed by atoms with Gasteiger partial charge in [0.1, 0.15) is 24.2 Å². The van der Waals surface area contributed by atoms with Crippen LogP contribution in [-0.2, 0) is 4.74 Å². The number of fused-ring (bicyclic) bond motifs is 3. The van der Waals surface area contributed by atoms with E-state index in [1.54, 1.807) is 30.3 Å². The standard InChI is InChI=1S/C24H24ClF3N2O3/c1-4-31-19-8-6-7-16(22(19)32-5-2)21-17-11-15(25)9-10-18(17)30-20(13-33-21)29-12-14(3)23(30)24(26,27)28/h6-11,21H,4-5,12-13H2,1-3H3/t21-/m1/s1. The van der Waals surface area contributed by atoms with Crippen LogP contribution in [0.5, 0.6) is 11.5 Å². The Hall–Kier alpha value is -2.71. The monoisotopic (exact) mass is 480 g/mol. The van der Waals surface area contributed by atoms with Gasteiger partial charge in [0.25, 0.3) is 0 Å². The Balaban J connectivity index is 1.93. The van der Waals surface area contributed by atoms with E-state index in [0.29, 0.717) is 46.5 Å². The van der Waals surface area contributed by atoms with Crippen molar-refractivity contribution in [2.75, 3.05) is 31.3 Å². The minimum absolute atomic E-state index is 0.0400. The molecule has 2 aromatic rings. The second kappa shape index (κ2) is 9.27. The Morgan fingerprint density at radius 2 is 1.88 bits per heavy atom. The minimum atomic E-state index is -4.56. The van der Waals surface area contributed by atoms with Crippen LogP contribution in [0.2, 0.25) is 5.02 Å². The van der Waals surface area contributed by atoms with Crippen LogP contribution >= 0.6 is 11.6 Å². The fourth-order valence-corrected chi connectivity index (χ4v) is 4.35. The molecule has 0 fully saturated rings. The highest BCUT2D eigenvalue weighted by atomic mass is 35.5. The van der Waals surface area contributed by atoms with Crippen LogP contribution in [0.3, 0.4) is 0 Å². The normalized spacial score (nSPS) is 18.3. The molecular weight excluding hydrogens is 457 g/mol. The summed E-state index contributed by atoms with van der Waals surface area (Å²) in [5.41, 5.74) is 0.837. The molecule has 0 saturated heterocycles. The lowest BCUT2D eigenvalue weighted by Crippen LogP contribution is -2.42. The quantitative estimate of drug-likeness (QED) is 0.503. The second-order valence-electron chi connectivity index (χ2n) is 7.63. The maximum atomic E-state index is 14.1. The van der Waals surface area contributed by atoms with Crippen LogP contribution in [0.15, 0.2) is 52.7 Å². The molecule has 0 saturated carbocycles. The van der Waals surface area contributed by atoms with Crippen molar-refractivity contribution < 1.29 is 27.4 Å². The van der Waals surface area contributed by atoms with E-state index in [1.807, 2.05) is 19.9 Å². The molecule has 4 rings (SSSR count). The number of ether oxygens (including phenoxy) is 3. The van der Waals surface area contributed by atoms with Crippen LogP contribution in [-0.4, -0.2) is 38.4 Å². The average molecular weight is 481 g/mol. The number of nitrogens with zero attached hydrogens (tertiary/aromatic N) is 2. The number of allylic oxidation sites excluding steroid dienone is 1. The number of benzene rings is 2. The van der Waals surface area contributed by atoms with Crippen molar-refractivity contribution in [2.24, 2.45) is 4.99 Å². The van der Waals surface area contributed by atoms with Crippen LogP contribution in [0.4, 0.5) is 18.9 Å². The largest absolute Gasteiger partial charge is 0.490 e. The van der Waals surface area contributed by atoms with E-state index in [9.17, 15) is 13.2 Å². The van der Waals surface area contributed by atoms with Crippen LogP contribution in [0.25, 0.3) is 0 Å². The number of anilines is 1. The molecule has 5 nitrogen and oxygen atoms in total. The molecule has 0 unspecified atom stereocenters. The first kappa shape index (κ1) is 23.4. The molecule has 176 valence electrons. The summed E-state index contributed by atoms with van der Waals surface area (Å²) in [5.74, 6) is 1.22. The van der Waals surface area contributed by atoms with E-state index in [-0.39, 0.29) is 24.6 Å². The van der Waals surface area contributed by atoms with E-state index in [0.717, 1.165) is 4.90 Å². The molecule has 0 radical (unpaired) electrons. The molecule has 1 atom stereocenters. The summed E-state index contributed by atoms with van der Waals surface area (Å²) in [6.07, 6.45) is -5.31. The molecule has 2 aromatic carbocycles. The molecule has 33 heavy (non-hydrogen) atoms. The van der Waals surface area contributed by atoms with Crippen molar-refractivity contribution in [3.05, 3.63) is 63.8 Å². The fraction of sp³-hybridized carbons (Fsp3) is 0.375. The number of hydrogen-bond acceptors (Lipinski definition) is 5. The van der Waals surface area contributed by atoms with Gasteiger partial charge in [0.15, 0.2) is 11.5 Å². The molecule has 0 spiro atoms. The van der Waals surface area contributed by atoms with E-state index < -0.39 is 18.0 Å². The van der Waals surface area contributed by atoms with Gasteiger partial charge in [-0.15, -0.1) is 0 Å². The van der Waals surface area contributed by atoms with Gasteiger partial charge in [-0.25, -0.2) is 0 Å². The zero-order chi connectivity index (χ0) is 23.8. The molecule has 2 aliphatic rings. The number of hydrogen-bond donors (Lipinski definition) is 0. The fourth-order valence-electron chi connectivity index (χ4n) is 4.16. The van der Waals surface area contributed by atoms with Gasteiger partial charge in [-0.3, -0.25) is 9.89 Å². The highest BCUT2D eigenvalue weighted by Gasteiger charge is 2.45. The molecule has 0 N–H and O–H groups in total. The number of para-hydroxylation sites is 1. The minimum Gasteiger partial charge on any atom is -0.490 e. The van der Waals surface area contributed by atoms with Gasteiger partial charge in [0, 0.05) is 16.1 Å². The Bertz CT molecular complexity index is 1110. The summed E-state index contributed by atoms with van der Waals surface area (Å²) in [6.45, 7) is 5.81. The predicted molar refractivity (Wildman–Crippen MR) is 122 cm³/mol. The molecular formula is C24H24ClF3N2O3. The second-order valence-corrected chi connectivity index (χ2v) is 8.07. The Morgan fingerprint density at radius 1 is 1.12 bits per heavy atom. The van der Waals surface area contributed by atoms with Crippen LogP contribution in [0, 0.1) is 0 Å². The lowest BCUT2D eigenvalue weighted by atomic mass is 9.97. The van der Waals surface area contributed by atoms with Crippen molar-refractivity contribution in [3.8, 4) is 11.5 Å². The van der Waals surface area contributed by atoms with E-state index in [1.165, 1.54) is 6.92 Å². The maximum Gasteiger partial charge on any atom is 0.431 e. The lowest BCUT2D eigenvalue weighted by molar-refractivity contribution is -0.0932. The van der Waals surface area contributed by atoms with E-state index >= 15 is 0 Å². The Labute approximate surface area is 195 Å². The zero-order valence-corrected chi connectivity index (χ0v) is 19.3. The topological polar surface area (TPSA) is 43.3 Å². The van der Waals surface area contributed by atoms with Crippen molar-refractivity contribution in [3.63, 3.8) is 0 Å². The summed E-state index contributed by atoms with van der Waals surface area (Å²) in [4.78, 5) is 5.53. The third kappa shape index (κ3) is 4.42. The highest BCUT2D eigenvalue weighted by molar-refractivity contribution is 6.30. The number of aliphatic imine (C=N–C) groups is 1. The smallest absolute Gasteiger partial charge is 0.431 e. The summed E-state index contributed by atoms with van der Waals surface area (Å²) < 4.78 is 60.2.